The topological polar surface area (TPSA) is 35.2 Å². The second kappa shape index (κ2) is 5.01. The van der Waals surface area contributed by atoms with Crippen molar-refractivity contribution in [1.82, 2.24) is 0 Å². The number of ether oxygens (including phenoxy) is 1. The number of rotatable bonds is 2. The molecule has 0 unspecified atom stereocenters. The minimum Gasteiger partial charge on any atom is -0.367 e. The lowest BCUT2D eigenvalue weighted by Gasteiger charge is -2.34. The van der Waals surface area contributed by atoms with Crippen LogP contribution in [0.15, 0.2) is 0 Å². The standard InChI is InChI=1S/C9H13F6NO/c10-8(11,12)4-17-7-2-1-5(3-6(7)16)9(13,14)15/h5-7H,1-4,16H2/t5-,6+,7-/m1/s1. The molecular weight excluding hydrogens is 252 g/mol. The fraction of sp³-hybridized carbons (Fsp3) is 1.00. The molecule has 1 fully saturated rings. The van der Waals surface area contributed by atoms with E-state index < -0.39 is 37.0 Å². The lowest BCUT2D eigenvalue weighted by molar-refractivity contribution is -0.208. The molecule has 2 nitrogen and oxygen atoms in total. The monoisotopic (exact) mass is 265 g/mol. The van der Waals surface area contributed by atoms with Crippen LogP contribution in [0.25, 0.3) is 0 Å². The van der Waals surface area contributed by atoms with Gasteiger partial charge in [-0.1, -0.05) is 0 Å². The van der Waals surface area contributed by atoms with Gasteiger partial charge in [0.1, 0.15) is 6.61 Å². The minimum atomic E-state index is -4.49. The van der Waals surface area contributed by atoms with Crippen molar-refractivity contribution in [2.24, 2.45) is 11.7 Å². The number of hydrogen-bond donors (Lipinski definition) is 1. The normalized spacial score (nSPS) is 31.6. The van der Waals surface area contributed by atoms with Crippen molar-refractivity contribution in [2.75, 3.05) is 6.61 Å². The van der Waals surface area contributed by atoms with Crippen LogP contribution in [0.4, 0.5) is 26.3 Å². The van der Waals surface area contributed by atoms with Gasteiger partial charge >= 0.3 is 12.4 Å². The highest BCUT2D eigenvalue weighted by Crippen LogP contribution is 2.38. The van der Waals surface area contributed by atoms with Gasteiger partial charge in [0, 0.05) is 6.04 Å². The molecule has 0 saturated heterocycles. The molecule has 0 aromatic heterocycles. The molecule has 1 saturated carbocycles. The fourth-order valence-corrected chi connectivity index (χ4v) is 1.88. The Bertz CT molecular complexity index is 251. The Morgan fingerprint density at radius 1 is 1.06 bits per heavy atom. The first-order chi connectivity index (χ1) is 7.59. The predicted octanol–water partition coefficient (Wildman–Crippen LogP) is 2.62. The first-order valence-corrected chi connectivity index (χ1v) is 5.10. The SMILES string of the molecule is N[C@H]1C[C@H](C(F)(F)F)CC[C@H]1OCC(F)(F)F. The Morgan fingerprint density at radius 2 is 1.65 bits per heavy atom. The van der Waals surface area contributed by atoms with Crippen molar-refractivity contribution in [3.63, 3.8) is 0 Å². The molecule has 102 valence electrons. The van der Waals surface area contributed by atoms with Crippen LogP contribution in [0.5, 0.6) is 0 Å². The van der Waals surface area contributed by atoms with Gasteiger partial charge in [0.15, 0.2) is 0 Å². The van der Waals surface area contributed by atoms with Gasteiger partial charge in [0.05, 0.1) is 12.0 Å². The van der Waals surface area contributed by atoms with E-state index in [0.717, 1.165) is 0 Å². The summed E-state index contributed by atoms with van der Waals surface area (Å²) < 4.78 is 77.1. The smallest absolute Gasteiger partial charge is 0.367 e. The van der Waals surface area contributed by atoms with Crippen molar-refractivity contribution < 1.29 is 31.1 Å². The predicted molar refractivity (Wildman–Crippen MR) is 47.2 cm³/mol. The van der Waals surface area contributed by atoms with Crippen LogP contribution < -0.4 is 5.73 Å². The van der Waals surface area contributed by atoms with Crippen LogP contribution in [-0.4, -0.2) is 31.1 Å². The van der Waals surface area contributed by atoms with Gasteiger partial charge in [0.25, 0.3) is 0 Å². The third-order valence-corrected chi connectivity index (χ3v) is 2.76. The average Bonchev–Trinajstić information content (AvgIpc) is 2.12. The highest BCUT2D eigenvalue weighted by atomic mass is 19.4. The molecule has 1 rings (SSSR count). The summed E-state index contributed by atoms with van der Waals surface area (Å²) in [5.41, 5.74) is 5.40. The summed E-state index contributed by atoms with van der Waals surface area (Å²) in [6.07, 6.45) is -10.5. The second-order valence-electron chi connectivity index (χ2n) is 4.18. The van der Waals surface area contributed by atoms with Crippen LogP contribution >= 0.6 is 0 Å². The summed E-state index contributed by atoms with van der Waals surface area (Å²) in [5.74, 6) is -1.54. The third kappa shape index (κ3) is 4.71. The van der Waals surface area contributed by atoms with Crippen molar-refractivity contribution in [3.8, 4) is 0 Å². The first-order valence-electron chi connectivity index (χ1n) is 5.10. The fourth-order valence-electron chi connectivity index (χ4n) is 1.88. The van der Waals surface area contributed by atoms with E-state index in [1.165, 1.54) is 0 Å². The molecule has 3 atom stereocenters. The van der Waals surface area contributed by atoms with Crippen LogP contribution in [0.1, 0.15) is 19.3 Å². The highest BCUT2D eigenvalue weighted by Gasteiger charge is 2.44. The number of alkyl halides is 6. The minimum absolute atomic E-state index is 0.0958. The van der Waals surface area contributed by atoms with E-state index in [2.05, 4.69) is 4.74 Å². The zero-order chi connectivity index (χ0) is 13.3. The van der Waals surface area contributed by atoms with Crippen LogP contribution in [0, 0.1) is 5.92 Å². The molecule has 0 aromatic rings. The number of nitrogens with two attached hydrogens (primary N) is 1. The molecule has 0 aromatic carbocycles. The lowest BCUT2D eigenvalue weighted by atomic mass is 9.84. The highest BCUT2D eigenvalue weighted by molar-refractivity contribution is 4.86. The van der Waals surface area contributed by atoms with Gasteiger partial charge in [-0.2, -0.15) is 26.3 Å². The van der Waals surface area contributed by atoms with Crippen molar-refractivity contribution in [3.05, 3.63) is 0 Å². The quantitative estimate of drug-likeness (QED) is 0.779. The maximum Gasteiger partial charge on any atom is 0.411 e. The number of halogens is 6. The van der Waals surface area contributed by atoms with E-state index >= 15 is 0 Å². The maximum atomic E-state index is 12.3. The average molecular weight is 265 g/mol. The lowest BCUT2D eigenvalue weighted by Crippen LogP contribution is -2.46. The zero-order valence-electron chi connectivity index (χ0n) is 8.81. The van der Waals surface area contributed by atoms with Crippen LogP contribution in [0.2, 0.25) is 0 Å². The molecule has 0 bridgehead atoms. The van der Waals surface area contributed by atoms with Crippen LogP contribution in [-0.2, 0) is 4.74 Å². The van der Waals surface area contributed by atoms with E-state index in [1.807, 2.05) is 0 Å². The molecule has 0 heterocycles. The summed E-state index contributed by atoms with van der Waals surface area (Å²) in [6.45, 7) is -1.47. The molecule has 0 spiro atoms. The molecule has 17 heavy (non-hydrogen) atoms. The number of hydrogen-bond acceptors (Lipinski definition) is 2. The summed E-state index contributed by atoms with van der Waals surface area (Å²) in [4.78, 5) is 0. The molecule has 0 aliphatic heterocycles. The first kappa shape index (κ1) is 14.6. The largest absolute Gasteiger partial charge is 0.411 e. The van der Waals surface area contributed by atoms with Crippen molar-refractivity contribution >= 4 is 0 Å². The van der Waals surface area contributed by atoms with Gasteiger partial charge in [-0.05, 0) is 19.3 Å². The summed E-state index contributed by atoms with van der Waals surface area (Å²) in [7, 11) is 0. The zero-order valence-corrected chi connectivity index (χ0v) is 8.81. The van der Waals surface area contributed by atoms with Crippen molar-refractivity contribution in [1.29, 1.82) is 0 Å². The second-order valence-corrected chi connectivity index (χ2v) is 4.18. The molecule has 2 N–H and O–H groups in total. The van der Waals surface area contributed by atoms with Gasteiger partial charge < -0.3 is 10.5 Å². The van der Waals surface area contributed by atoms with Gasteiger partial charge in [-0.15, -0.1) is 0 Å². The molecule has 0 radical (unpaired) electrons. The summed E-state index contributed by atoms with van der Waals surface area (Å²) in [6, 6.07) is -1.00. The Kier molecular flexibility index (Phi) is 4.29. The van der Waals surface area contributed by atoms with E-state index in [-0.39, 0.29) is 19.3 Å². The van der Waals surface area contributed by atoms with E-state index in [0.29, 0.717) is 0 Å². The molecule has 0 amide bonds. The Morgan fingerprint density at radius 3 is 2.06 bits per heavy atom. The summed E-state index contributed by atoms with van der Waals surface area (Å²) in [5, 5.41) is 0. The Balaban J connectivity index is 2.43. The van der Waals surface area contributed by atoms with E-state index in [9.17, 15) is 26.3 Å². The summed E-state index contributed by atoms with van der Waals surface area (Å²) >= 11 is 0. The van der Waals surface area contributed by atoms with E-state index in [1.54, 1.807) is 0 Å². The molecular formula is C9H13F6NO. The Labute approximate surface area is 94.1 Å². The van der Waals surface area contributed by atoms with Gasteiger partial charge in [-0.3, -0.25) is 0 Å². The third-order valence-electron chi connectivity index (χ3n) is 2.76. The molecule has 1 aliphatic rings. The van der Waals surface area contributed by atoms with E-state index in [4.69, 9.17) is 5.73 Å². The van der Waals surface area contributed by atoms with Gasteiger partial charge in [0.2, 0.25) is 0 Å². The van der Waals surface area contributed by atoms with Gasteiger partial charge in [-0.25, -0.2) is 0 Å². The Hall–Kier alpha value is -0.500. The van der Waals surface area contributed by atoms with Crippen LogP contribution in [0.3, 0.4) is 0 Å². The molecule has 1 aliphatic carbocycles. The molecule has 8 heteroatoms. The van der Waals surface area contributed by atoms with Crippen molar-refractivity contribution in [2.45, 2.75) is 43.8 Å². The maximum absolute atomic E-state index is 12.3.